The molecule has 0 spiro atoms. The Morgan fingerprint density at radius 2 is 1.59 bits per heavy atom. The van der Waals surface area contributed by atoms with E-state index in [1.807, 2.05) is 24.3 Å². The van der Waals surface area contributed by atoms with Crippen molar-refractivity contribution in [2.75, 3.05) is 0 Å². The van der Waals surface area contributed by atoms with E-state index in [0.29, 0.717) is 0 Å². The van der Waals surface area contributed by atoms with E-state index in [2.05, 4.69) is 21.2 Å². The van der Waals surface area contributed by atoms with Gasteiger partial charge in [0.2, 0.25) is 0 Å². The van der Waals surface area contributed by atoms with Gasteiger partial charge in [-0.1, -0.05) is 41.9 Å². The molecule has 0 aliphatic carbocycles. The van der Waals surface area contributed by atoms with Crippen molar-refractivity contribution in [3.05, 3.63) is 107 Å². The van der Waals surface area contributed by atoms with E-state index in [-0.39, 0.29) is 22.6 Å². The van der Waals surface area contributed by atoms with E-state index in [9.17, 15) is 18.8 Å². The summed E-state index contributed by atoms with van der Waals surface area (Å²) in [7, 11) is 0. The van der Waals surface area contributed by atoms with Gasteiger partial charge in [-0.15, -0.1) is 0 Å². The molecule has 4 rings (SSSR count). The van der Waals surface area contributed by atoms with Crippen LogP contribution in [0, 0.1) is 5.82 Å². The zero-order chi connectivity index (χ0) is 24.1. The van der Waals surface area contributed by atoms with Crippen LogP contribution in [0.4, 0.5) is 4.39 Å². The van der Waals surface area contributed by atoms with E-state index in [0.717, 1.165) is 28.6 Å². The monoisotopic (exact) mass is 478 g/mol. The molecule has 0 saturated heterocycles. The zero-order valence-electron chi connectivity index (χ0n) is 17.8. The summed E-state index contributed by atoms with van der Waals surface area (Å²) in [6, 6.07) is 17.9. The van der Waals surface area contributed by atoms with Gasteiger partial charge in [-0.2, -0.15) is 0 Å². The molecule has 1 heterocycles. The van der Waals surface area contributed by atoms with Crippen molar-refractivity contribution in [2.24, 2.45) is 0 Å². The molecule has 0 fully saturated rings. The number of aromatic amines is 1. The van der Waals surface area contributed by atoms with Crippen LogP contribution in [0.2, 0.25) is 5.02 Å². The van der Waals surface area contributed by atoms with E-state index in [1.165, 1.54) is 12.1 Å². The Morgan fingerprint density at radius 3 is 2.35 bits per heavy atom. The lowest BCUT2D eigenvalue weighted by molar-refractivity contribution is -0.123. The summed E-state index contributed by atoms with van der Waals surface area (Å²) in [5, 5.41) is 3.85. The van der Waals surface area contributed by atoms with Crippen LogP contribution in [0.5, 0.6) is 0 Å². The number of hydrogen-bond acceptors (Lipinski definition) is 3. The van der Waals surface area contributed by atoms with Crippen LogP contribution in [0.15, 0.2) is 79.0 Å². The minimum Gasteiger partial charge on any atom is -0.361 e. The Labute approximate surface area is 199 Å². The molecular formula is C25H20ClFN4O3. The first-order chi connectivity index (χ1) is 16.4. The van der Waals surface area contributed by atoms with Crippen LogP contribution < -0.4 is 16.2 Å². The normalized spacial score (nSPS) is 11.6. The Kier molecular flexibility index (Phi) is 6.89. The number of amides is 3. The minimum atomic E-state index is -1.03. The van der Waals surface area contributed by atoms with Gasteiger partial charge in [0.1, 0.15) is 11.9 Å². The number of hydrazine groups is 1. The van der Waals surface area contributed by atoms with Gasteiger partial charge in [-0.3, -0.25) is 25.2 Å². The summed E-state index contributed by atoms with van der Waals surface area (Å²) in [6.45, 7) is 0. The molecule has 0 aliphatic heterocycles. The number of carbonyl (C=O) groups excluding carboxylic acids is 3. The number of para-hydroxylation sites is 1. The first-order valence-corrected chi connectivity index (χ1v) is 10.8. The summed E-state index contributed by atoms with van der Waals surface area (Å²) < 4.78 is 13.1. The zero-order valence-corrected chi connectivity index (χ0v) is 18.5. The Morgan fingerprint density at radius 1 is 0.882 bits per heavy atom. The van der Waals surface area contributed by atoms with Crippen molar-refractivity contribution in [3.63, 3.8) is 0 Å². The lowest BCUT2D eigenvalue weighted by Gasteiger charge is -2.19. The molecule has 0 aliphatic rings. The first-order valence-electron chi connectivity index (χ1n) is 10.4. The number of carbonyl (C=O) groups is 3. The van der Waals surface area contributed by atoms with Crippen molar-refractivity contribution in [1.82, 2.24) is 21.2 Å². The van der Waals surface area contributed by atoms with Crippen molar-refractivity contribution < 1.29 is 18.8 Å². The van der Waals surface area contributed by atoms with Gasteiger partial charge in [0.15, 0.2) is 0 Å². The molecule has 1 unspecified atom stereocenters. The highest BCUT2D eigenvalue weighted by Crippen LogP contribution is 2.20. The first kappa shape index (κ1) is 23.0. The number of fused-ring (bicyclic) bond motifs is 1. The molecule has 7 nitrogen and oxygen atoms in total. The van der Waals surface area contributed by atoms with Gasteiger partial charge in [0.05, 0.1) is 10.6 Å². The third-order valence-corrected chi connectivity index (χ3v) is 5.57. The summed E-state index contributed by atoms with van der Waals surface area (Å²) >= 11 is 6.13. The lowest BCUT2D eigenvalue weighted by Crippen LogP contribution is -2.53. The average molecular weight is 479 g/mol. The maximum Gasteiger partial charge on any atom is 0.269 e. The molecule has 172 valence electrons. The van der Waals surface area contributed by atoms with Gasteiger partial charge in [0, 0.05) is 29.1 Å². The Bertz CT molecular complexity index is 1350. The van der Waals surface area contributed by atoms with Crippen LogP contribution in [-0.4, -0.2) is 28.7 Å². The highest BCUT2D eigenvalue weighted by molar-refractivity contribution is 6.33. The van der Waals surface area contributed by atoms with Gasteiger partial charge >= 0.3 is 0 Å². The van der Waals surface area contributed by atoms with Crippen molar-refractivity contribution in [3.8, 4) is 0 Å². The topological polar surface area (TPSA) is 103 Å². The molecule has 0 saturated carbocycles. The van der Waals surface area contributed by atoms with Gasteiger partial charge < -0.3 is 10.3 Å². The second-order valence-corrected chi connectivity index (χ2v) is 7.93. The summed E-state index contributed by atoms with van der Waals surface area (Å²) in [5.74, 6) is -2.28. The Balaban J connectivity index is 1.53. The second kappa shape index (κ2) is 10.2. The van der Waals surface area contributed by atoms with Crippen LogP contribution in [0.3, 0.4) is 0 Å². The molecule has 34 heavy (non-hydrogen) atoms. The lowest BCUT2D eigenvalue weighted by atomic mass is 10.0. The molecule has 9 heteroatoms. The SMILES string of the molecule is O=C(NNC(=O)C(Cc1c[nH]c2ccccc12)NC(=O)c1ccccc1Cl)c1ccc(F)cc1. The molecule has 3 aromatic carbocycles. The quantitative estimate of drug-likeness (QED) is 0.317. The molecule has 4 N–H and O–H groups in total. The standard InChI is InChI=1S/C25H20ClFN4O3/c26-20-7-3-1-6-19(20)24(33)29-22(13-16-14-28-21-8-4-2-5-18(16)21)25(34)31-30-23(32)15-9-11-17(27)12-10-15/h1-12,14,22,28H,13H2,(H,29,33)(H,30,32)(H,31,34). The van der Waals surface area contributed by atoms with E-state index in [1.54, 1.807) is 30.5 Å². The molecule has 3 amide bonds. The maximum absolute atomic E-state index is 13.1. The Hall–Kier alpha value is -4.17. The van der Waals surface area contributed by atoms with E-state index >= 15 is 0 Å². The minimum absolute atomic E-state index is 0.151. The van der Waals surface area contributed by atoms with Gasteiger partial charge in [0.25, 0.3) is 17.7 Å². The van der Waals surface area contributed by atoms with Gasteiger partial charge in [-0.25, -0.2) is 4.39 Å². The van der Waals surface area contributed by atoms with Crippen LogP contribution in [0.25, 0.3) is 10.9 Å². The molecule has 0 radical (unpaired) electrons. The van der Waals surface area contributed by atoms with Crippen LogP contribution in [0.1, 0.15) is 26.3 Å². The molecule has 1 aromatic heterocycles. The molecule has 0 bridgehead atoms. The largest absolute Gasteiger partial charge is 0.361 e. The number of hydrogen-bond donors (Lipinski definition) is 4. The van der Waals surface area contributed by atoms with Crippen LogP contribution >= 0.6 is 11.6 Å². The molecule has 1 atom stereocenters. The highest BCUT2D eigenvalue weighted by atomic mass is 35.5. The molecule has 4 aromatic rings. The number of aromatic nitrogens is 1. The van der Waals surface area contributed by atoms with E-state index < -0.39 is 29.6 Å². The predicted molar refractivity (Wildman–Crippen MR) is 127 cm³/mol. The smallest absolute Gasteiger partial charge is 0.269 e. The predicted octanol–water partition coefficient (Wildman–Crippen LogP) is 3.76. The number of rotatable bonds is 6. The van der Waals surface area contributed by atoms with Crippen LogP contribution in [-0.2, 0) is 11.2 Å². The summed E-state index contributed by atoms with van der Waals surface area (Å²) in [4.78, 5) is 41.3. The number of halogens is 2. The fraction of sp³-hybridized carbons (Fsp3) is 0.0800. The third-order valence-electron chi connectivity index (χ3n) is 5.24. The highest BCUT2D eigenvalue weighted by Gasteiger charge is 2.24. The van der Waals surface area contributed by atoms with E-state index in [4.69, 9.17) is 11.6 Å². The second-order valence-electron chi connectivity index (χ2n) is 7.52. The third kappa shape index (κ3) is 5.24. The van der Waals surface area contributed by atoms with Crippen molar-refractivity contribution >= 4 is 40.2 Å². The maximum atomic E-state index is 13.1. The summed E-state index contributed by atoms with van der Waals surface area (Å²) in [6.07, 6.45) is 1.92. The number of benzene rings is 3. The van der Waals surface area contributed by atoms with Crippen molar-refractivity contribution in [2.45, 2.75) is 12.5 Å². The average Bonchev–Trinajstić information content (AvgIpc) is 3.25. The summed E-state index contributed by atoms with van der Waals surface area (Å²) in [5.41, 5.74) is 6.71. The van der Waals surface area contributed by atoms with Crippen molar-refractivity contribution in [1.29, 1.82) is 0 Å². The van der Waals surface area contributed by atoms with Gasteiger partial charge in [-0.05, 0) is 48.0 Å². The number of nitrogens with one attached hydrogen (secondary N) is 4. The fourth-order valence-electron chi connectivity index (χ4n) is 3.49. The fourth-order valence-corrected chi connectivity index (χ4v) is 3.71. The molecular weight excluding hydrogens is 459 g/mol. The number of H-pyrrole nitrogens is 1.